The number of phenols is 1. The molecule has 0 aliphatic rings. The van der Waals surface area contributed by atoms with Gasteiger partial charge in [0.15, 0.2) is 11.4 Å². The second-order valence-corrected chi connectivity index (χ2v) is 9.47. The molecule has 1 heterocycles. The van der Waals surface area contributed by atoms with E-state index in [-0.39, 0.29) is 44.7 Å². The highest BCUT2D eigenvalue weighted by Gasteiger charge is 2.32. The Bertz CT molecular complexity index is 1790. The number of hydrogen-bond donors (Lipinski definition) is 4. The average Bonchev–Trinajstić information content (AvgIpc) is 3.27. The zero-order valence-electron chi connectivity index (χ0n) is 21.7. The minimum absolute atomic E-state index is 0.00138. The molecule has 0 saturated heterocycles. The van der Waals surface area contributed by atoms with Crippen LogP contribution in [0.5, 0.6) is 11.6 Å². The molecule has 0 fully saturated rings. The zero-order chi connectivity index (χ0) is 29.3. The average molecular weight is 560 g/mol. The van der Waals surface area contributed by atoms with E-state index in [1.807, 2.05) is 19.1 Å². The summed E-state index contributed by atoms with van der Waals surface area (Å²) >= 11 is 0. The predicted octanol–water partition coefficient (Wildman–Crippen LogP) is 9.00. The lowest BCUT2D eigenvalue weighted by Crippen LogP contribution is -2.05. The lowest BCUT2D eigenvalue weighted by molar-refractivity contribution is -0.137. The van der Waals surface area contributed by atoms with Gasteiger partial charge in [0.1, 0.15) is 5.69 Å². The Hall–Kier alpha value is -5.12. The van der Waals surface area contributed by atoms with Gasteiger partial charge in [-0.1, -0.05) is 61.9 Å². The van der Waals surface area contributed by atoms with Crippen LogP contribution < -0.4 is 0 Å². The summed E-state index contributed by atoms with van der Waals surface area (Å²) in [7, 11) is 0. The number of para-hydroxylation sites is 1. The van der Waals surface area contributed by atoms with E-state index >= 15 is 0 Å². The molecule has 5 aromatic rings. The molecule has 0 saturated carbocycles. The molecule has 0 aliphatic heterocycles. The van der Waals surface area contributed by atoms with Crippen LogP contribution in [0.15, 0.2) is 89.1 Å². The molecule has 0 bridgehead atoms. The smallest absolute Gasteiger partial charge is 0.416 e. The fourth-order valence-electron chi connectivity index (χ4n) is 4.67. The van der Waals surface area contributed by atoms with Gasteiger partial charge >= 0.3 is 12.1 Å². The minimum atomic E-state index is -4.66. The molecule has 4 N–H and O–H groups in total. The molecule has 7 nitrogen and oxygen atoms in total. The molecular weight excluding hydrogens is 535 g/mol. The van der Waals surface area contributed by atoms with E-state index in [9.17, 15) is 33.3 Å². The molecule has 0 radical (unpaired) electrons. The number of azo groups is 1. The summed E-state index contributed by atoms with van der Waals surface area (Å²) < 4.78 is 41.7. The van der Waals surface area contributed by atoms with Gasteiger partial charge in [0.05, 0.1) is 16.6 Å². The maximum absolute atomic E-state index is 13.9. The molecule has 208 valence electrons. The molecule has 0 atom stereocenters. The second-order valence-electron chi connectivity index (χ2n) is 9.47. The number of halogens is 3. The molecule has 0 unspecified atom stereocenters. The highest BCUT2D eigenvalue weighted by atomic mass is 19.4. The number of nitrogens with one attached hydrogen (secondary N) is 1. The van der Waals surface area contributed by atoms with Crippen LogP contribution in [-0.2, 0) is 12.6 Å². The normalized spacial score (nSPS) is 11.9. The third kappa shape index (κ3) is 5.49. The van der Waals surface area contributed by atoms with Crippen LogP contribution in [0.25, 0.3) is 33.2 Å². The van der Waals surface area contributed by atoms with Crippen molar-refractivity contribution in [3.8, 4) is 33.9 Å². The van der Waals surface area contributed by atoms with E-state index in [1.54, 1.807) is 30.3 Å². The topological polar surface area (TPSA) is 118 Å². The molecule has 0 amide bonds. The number of aromatic hydroxyl groups is 2. The first-order valence-corrected chi connectivity index (χ1v) is 12.7. The van der Waals surface area contributed by atoms with E-state index in [0.717, 1.165) is 30.5 Å². The van der Waals surface area contributed by atoms with Gasteiger partial charge < -0.3 is 20.3 Å². The summed E-state index contributed by atoms with van der Waals surface area (Å²) in [4.78, 5) is 14.1. The Labute approximate surface area is 232 Å². The number of carboxylic acids is 1. The summed E-state index contributed by atoms with van der Waals surface area (Å²) in [6.07, 6.45) is -2.90. The van der Waals surface area contributed by atoms with Crippen molar-refractivity contribution in [1.82, 2.24) is 4.98 Å². The van der Waals surface area contributed by atoms with Gasteiger partial charge in [0, 0.05) is 16.5 Å². The van der Waals surface area contributed by atoms with Crippen molar-refractivity contribution in [1.29, 1.82) is 0 Å². The Balaban J connectivity index is 1.61. The van der Waals surface area contributed by atoms with Crippen LogP contribution in [0.4, 0.5) is 24.5 Å². The number of hydrogen-bond acceptors (Lipinski definition) is 5. The van der Waals surface area contributed by atoms with Gasteiger partial charge in [-0.2, -0.15) is 13.2 Å². The zero-order valence-corrected chi connectivity index (χ0v) is 21.7. The van der Waals surface area contributed by atoms with Gasteiger partial charge in [-0.05, 0) is 53.4 Å². The number of benzene rings is 4. The number of H-pyrrole nitrogens is 1. The van der Waals surface area contributed by atoms with Crippen molar-refractivity contribution in [2.24, 2.45) is 10.2 Å². The first kappa shape index (κ1) is 27.4. The van der Waals surface area contributed by atoms with Crippen LogP contribution in [0.1, 0.15) is 34.8 Å². The number of carbonyl (C=O) groups is 1. The number of aromatic carboxylic acids is 1. The molecule has 4 aromatic carbocycles. The highest BCUT2D eigenvalue weighted by Crippen LogP contribution is 2.45. The standard InChI is InChI=1S/C31H24F3N3O4/c1-2-5-17-10-12-18(13-11-17)23-15-21(31(32,33)34)16-24-26(23)35-29(39)27(24)37-36-25-9-4-8-22(28(25)38)19-6-3-7-20(14-19)30(40)41/h3-4,6-16,35,38-39H,2,5H2,1H3,(H,40,41). The molecule has 5 rings (SSSR count). The van der Waals surface area contributed by atoms with Crippen molar-refractivity contribution in [2.45, 2.75) is 25.9 Å². The van der Waals surface area contributed by atoms with Crippen molar-refractivity contribution in [3.63, 3.8) is 0 Å². The second kappa shape index (κ2) is 10.8. The van der Waals surface area contributed by atoms with E-state index in [2.05, 4.69) is 15.2 Å². The fraction of sp³-hybridized carbons (Fsp3) is 0.129. The number of alkyl halides is 3. The van der Waals surface area contributed by atoms with Crippen LogP contribution in [-0.4, -0.2) is 26.3 Å². The monoisotopic (exact) mass is 559 g/mol. The Morgan fingerprint density at radius 3 is 2.29 bits per heavy atom. The quantitative estimate of drug-likeness (QED) is 0.149. The first-order chi connectivity index (χ1) is 19.6. The number of carboxylic acid groups (broad SMARTS) is 1. The summed E-state index contributed by atoms with van der Waals surface area (Å²) in [5.41, 5.74) is 1.60. The van der Waals surface area contributed by atoms with Crippen LogP contribution in [0.3, 0.4) is 0 Å². The Morgan fingerprint density at radius 1 is 0.878 bits per heavy atom. The lowest BCUT2D eigenvalue weighted by atomic mass is 9.97. The lowest BCUT2D eigenvalue weighted by Gasteiger charge is -2.11. The molecule has 41 heavy (non-hydrogen) atoms. The summed E-state index contributed by atoms with van der Waals surface area (Å²) in [6.45, 7) is 2.04. The Kier molecular flexibility index (Phi) is 7.23. The third-order valence-electron chi connectivity index (χ3n) is 6.69. The maximum Gasteiger partial charge on any atom is 0.416 e. The van der Waals surface area contributed by atoms with Crippen LogP contribution >= 0.6 is 0 Å². The molecular formula is C31H24F3N3O4. The molecule has 0 aliphatic carbocycles. The van der Waals surface area contributed by atoms with E-state index in [0.29, 0.717) is 11.1 Å². The van der Waals surface area contributed by atoms with Gasteiger partial charge in [0.25, 0.3) is 0 Å². The number of fused-ring (bicyclic) bond motifs is 1. The molecule has 0 spiro atoms. The predicted molar refractivity (Wildman–Crippen MR) is 149 cm³/mol. The van der Waals surface area contributed by atoms with E-state index < -0.39 is 23.6 Å². The summed E-state index contributed by atoms with van der Waals surface area (Å²) in [5, 5.41) is 38.9. The summed E-state index contributed by atoms with van der Waals surface area (Å²) in [6, 6.07) is 19.6. The first-order valence-electron chi connectivity index (χ1n) is 12.7. The van der Waals surface area contributed by atoms with Crippen molar-refractivity contribution in [3.05, 3.63) is 95.6 Å². The maximum atomic E-state index is 13.9. The number of phenolic OH excluding ortho intramolecular Hbond substituents is 1. The number of aryl methyl sites for hydroxylation is 1. The third-order valence-corrected chi connectivity index (χ3v) is 6.69. The molecule has 1 aromatic heterocycles. The highest BCUT2D eigenvalue weighted by molar-refractivity contribution is 6.03. The van der Waals surface area contributed by atoms with Gasteiger partial charge in [-0.25, -0.2) is 4.79 Å². The van der Waals surface area contributed by atoms with Crippen molar-refractivity contribution < 1.29 is 33.3 Å². The number of nitrogens with zero attached hydrogens (tertiary/aromatic N) is 2. The minimum Gasteiger partial charge on any atom is -0.505 e. The number of rotatable bonds is 7. The fourth-order valence-corrected chi connectivity index (χ4v) is 4.67. The molecule has 10 heteroatoms. The van der Waals surface area contributed by atoms with Crippen molar-refractivity contribution >= 4 is 28.2 Å². The summed E-state index contributed by atoms with van der Waals surface area (Å²) in [5.74, 6) is -1.94. The largest absolute Gasteiger partial charge is 0.505 e. The van der Waals surface area contributed by atoms with E-state index in [1.165, 1.54) is 24.3 Å². The number of aromatic nitrogens is 1. The van der Waals surface area contributed by atoms with Gasteiger partial charge in [-0.15, -0.1) is 10.2 Å². The van der Waals surface area contributed by atoms with Gasteiger partial charge in [0.2, 0.25) is 5.88 Å². The van der Waals surface area contributed by atoms with Crippen LogP contribution in [0.2, 0.25) is 0 Å². The van der Waals surface area contributed by atoms with Crippen molar-refractivity contribution in [2.75, 3.05) is 0 Å². The SMILES string of the molecule is CCCc1ccc(-c2cc(C(F)(F)F)cc3c(N=Nc4cccc(-c5cccc(C(=O)O)c5)c4O)c(O)[nH]c23)cc1. The van der Waals surface area contributed by atoms with E-state index in [4.69, 9.17) is 0 Å². The number of aromatic amines is 1. The van der Waals surface area contributed by atoms with Crippen LogP contribution in [0, 0.1) is 0 Å². The van der Waals surface area contributed by atoms with Gasteiger partial charge in [-0.3, -0.25) is 0 Å². The Morgan fingerprint density at radius 2 is 1.61 bits per heavy atom.